The Morgan fingerprint density at radius 1 is 1.38 bits per heavy atom. The van der Waals surface area contributed by atoms with E-state index in [4.69, 9.17) is 0 Å². The molecule has 0 heterocycles. The van der Waals surface area contributed by atoms with E-state index in [9.17, 15) is 5.11 Å². The van der Waals surface area contributed by atoms with Gasteiger partial charge in [0, 0.05) is 18.3 Å². The number of rotatable bonds is 6. The van der Waals surface area contributed by atoms with E-state index in [1.165, 1.54) is 32.1 Å². The van der Waals surface area contributed by atoms with Crippen LogP contribution in [0.4, 0.5) is 0 Å². The van der Waals surface area contributed by atoms with Gasteiger partial charge in [-0.3, -0.25) is 0 Å². The molecule has 0 aromatic heterocycles. The van der Waals surface area contributed by atoms with Crippen LogP contribution in [0.15, 0.2) is 0 Å². The van der Waals surface area contributed by atoms with Crippen molar-refractivity contribution in [2.75, 3.05) is 18.6 Å². The maximum absolute atomic E-state index is 10.1. The van der Waals surface area contributed by atoms with Crippen LogP contribution >= 0.6 is 11.8 Å². The summed E-state index contributed by atoms with van der Waals surface area (Å²) in [5, 5.41) is 13.6. The van der Waals surface area contributed by atoms with E-state index >= 15 is 0 Å². The van der Waals surface area contributed by atoms with Crippen molar-refractivity contribution < 1.29 is 5.11 Å². The summed E-state index contributed by atoms with van der Waals surface area (Å²) in [6.07, 6.45) is 8.94. The zero-order valence-electron chi connectivity index (χ0n) is 11.0. The minimum absolute atomic E-state index is 0.550. The maximum atomic E-state index is 10.1. The number of hydrogen-bond donors (Lipinski definition) is 2. The molecule has 1 aliphatic rings. The lowest BCUT2D eigenvalue weighted by atomic mass is 9.84. The summed E-state index contributed by atoms with van der Waals surface area (Å²) in [6.45, 7) is 4.90. The highest BCUT2D eigenvalue weighted by Gasteiger charge is 2.24. The quantitative estimate of drug-likeness (QED) is 0.754. The van der Waals surface area contributed by atoms with Gasteiger partial charge in [-0.1, -0.05) is 19.3 Å². The lowest BCUT2D eigenvalue weighted by molar-refractivity contribution is 0.0779. The number of hydrogen-bond acceptors (Lipinski definition) is 3. The van der Waals surface area contributed by atoms with E-state index < -0.39 is 5.60 Å². The molecule has 2 atom stereocenters. The second-order valence-corrected chi connectivity index (χ2v) is 6.36. The standard InChI is InChI=1S/C13H27NOS/c1-11(12-7-5-4-6-8-12)14-9-13(2,15)10-16-3/h11-12,14-15H,4-10H2,1-3H3/t11-,13+/m0/s1. The van der Waals surface area contributed by atoms with Crippen LogP contribution in [0.3, 0.4) is 0 Å². The van der Waals surface area contributed by atoms with Crippen molar-refractivity contribution in [2.45, 2.75) is 57.6 Å². The van der Waals surface area contributed by atoms with Gasteiger partial charge >= 0.3 is 0 Å². The van der Waals surface area contributed by atoms with Crippen LogP contribution in [0.2, 0.25) is 0 Å². The van der Waals surface area contributed by atoms with Gasteiger partial charge in [-0.25, -0.2) is 0 Å². The first-order valence-electron chi connectivity index (χ1n) is 6.50. The molecule has 0 spiro atoms. The fourth-order valence-corrected chi connectivity index (χ4v) is 3.27. The first-order chi connectivity index (χ1) is 7.55. The Hall–Kier alpha value is 0.270. The highest BCUT2D eigenvalue weighted by Crippen LogP contribution is 2.26. The first-order valence-corrected chi connectivity index (χ1v) is 7.89. The number of thioether (sulfide) groups is 1. The summed E-state index contributed by atoms with van der Waals surface area (Å²) >= 11 is 1.71. The van der Waals surface area contributed by atoms with E-state index in [0.29, 0.717) is 12.6 Å². The van der Waals surface area contributed by atoms with Crippen LogP contribution in [-0.2, 0) is 0 Å². The van der Waals surface area contributed by atoms with Gasteiger partial charge in [-0.15, -0.1) is 0 Å². The molecule has 0 saturated heterocycles. The van der Waals surface area contributed by atoms with Crippen molar-refractivity contribution in [3.05, 3.63) is 0 Å². The van der Waals surface area contributed by atoms with Crippen LogP contribution in [0, 0.1) is 5.92 Å². The van der Waals surface area contributed by atoms with Crippen molar-refractivity contribution in [3.63, 3.8) is 0 Å². The molecule has 0 aromatic carbocycles. The van der Waals surface area contributed by atoms with Crippen LogP contribution in [-0.4, -0.2) is 35.3 Å². The average Bonchev–Trinajstić information content (AvgIpc) is 2.27. The summed E-state index contributed by atoms with van der Waals surface area (Å²) in [4.78, 5) is 0. The molecule has 0 bridgehead atoms. The zero-order valence-corrected chi connectivity index (χ0v) is 11.8. The van der Waals surface area contributed by atoms with Crippen molar-refractivity contribution in [3.8, 4) is 0 Å². The molecule has 1 rings (SSSR count). The van der Waals surface area contributed by atoms with Gasteiger partial charge in [0.1, 0.15) is 0 Å². The monoisotopic (exact) mass is 245 g/mol. The minimum Gasteiger partial charge on any atom is -0.388 e. The van der Waals surface area contributed by atoms with E-state index in [1.54, 1.807) is 11.8 Å². The number of nitrogens with one attached hydrogen (secondary N) is 1. The molecular weight excluding hydrogens is 218 g/mol. The van der Waals surface area contributed by atoms with Gasteiger partial charge in [-0.2, -0.15) is 11.8 Å². The Bertz CT molecular complexity index is 190. The Balaban J connectivity index is 2.25. The van der Waals surface area contributed by atoms with Crippen molar-refractivity contribution in [1.82, 2.24) is 5.32 Å². The van der Waals surface area contributed by atoms with Crippen LogP contribution < -0.4 is 5.32 Å². The van der Waals surface area contributed by atoms with Gasteiger partial charge in [0.15, 0.2) is 0 Å². The Morgan fingerprint density at radius 3 is 2.56 bits per heavy atom. The normalized spacial score (nSPS) is 24.0. The first kappa shape index (κ1) is 14.3. The van der Waals surface area contributed by atoms with Crippen LogP contribution in [0.1, 0.15) is 46.0 Å². The third kappa shape index (κ3) is 5.07. The Kier molecular flexibility index (Phi) is 6.16. The Labute approximate surface area is 105 Å². The fraction of sp³-hybridized carbons (Fsp3) is 1.00. The highest BCUT2D eigenvalue weighted by molar-refractivity contribution is 7.98. The molecule has 2 nitrogen and oxygen atoms in total. The molecule has 16 heavy (non-hydrogen) atoms. The smallest absolute Gasteiger partial charge is 0.0833 e. The predicted molar refractivity (Wildman–Crippen MR) is 73.0 cm³/mol. The molecule has 0 amide bonds. The molecule has 0 aromatic rings. The second-order valence-electron chi connectivity index (χ2n) is 5.50. The SMILES string of the molecule is CSC[C@](C)(O)CN[C@@H](C)C1CCCCC1. The van der Waals surface area contributed by atoms with Gasteiger partial charge in [0.25, 0.3) is 0 Å². The van der Waals surface area contributed by atoms with E-state index in [2.05, 4.69) is 12.2 Å². The van der Waals surface area contributed by atoms with E-state index in [1.807, 2.05) is 13.2 Å². The van der Waals surface area contributed by atoms with Crippen LogP contribution in [0.25, 0.3) is 0 Å². The van der Waals surface area contributed by atoms with Gasteiger partial charge in [-0.05, 0) is 38.9 Å². The van der Waals surface area contributed by atoms with Crippen molar-refractivity contribution in [1.29, 1.82) is 0 Å². The third-order valence-electron chi connectivity index (χ3n) is 3.62. The molecule has 2 N–H and O–H groups in total. The molecule has 1 saturated carbocycles. The van der Waals surface area contributed by atoms with Gasteiger partial charge < -0.3 is 10.4 Å². The summed E-state index contributed by atoms with van der Waals surface area (Å²) in [5.74, 6) is 1.62. The van der Waals surface area contributed by atoms with Gasteiger partial charge in [0.2, 0.25) is 0 Å². The summed E-state index contributed by atoms with van der Waals surface area (Å²) in [5.41, 5.74) is -0.567. The zero-order chi connectivity index (χ0) is 12.0. The number of aliphatic hydroxyl groups is 1. The maximum Gasteiger partial charge on any atom is 0.0833 e. The van der Waals surface area contributed by atoms with E-state index in [-0.39, 0.29) is 0 Å². The lowest BCUT2D eigenvalue weighted by Crippen LogP contribution is -2.45. The topological polar surface area (TPSA) is 32.3 Å². The van der Waals surface area contributed by atoms with Crippen molar-refractivity contribution in [2.24, 2.45) is 5.92 Å². The third-order valence-corrected chi connectivity index (χ3v) is 4.53. The van der Waals surface area contributed by atoms with Gasteiger partial charge in [0.05, 0.1) is 5.60 Å². The molecule has 1 fully saturated rings. The molecule has 96 valence electrons. The minimum atomic E-state index is -0.567. The largest absolute Gasteiger partial charge is 0.388 e. The highest BCUT2D eigenvalue weighted by atomic mass is 32.2. The molecule has 3 heteroatoms. The molecule has 0 unspecified atom stereocenters. The molecular formula is C13H27NOS. The predicted octanol–water partition coefficient (Wildman–Crippen LogP) is 2.66. The molecule has 0 radical (unpaired) electrons. The fourth-order valence-electron chi connectivity index (χ4n) is 2.54. The average molecular weight is 245 g/mol. The molecule has 0 aliphatic heterocycles. The molecule has 1 aliphatic carbocycles. The summed E-state index contributed by atoms with van der Waals surface area (Å²) < 4.78 is 0. The summed E-state index contributed by atoms with van der Waals surface area (Å²) in [7, 11) is 0. The van der Waals surface area contributed by atoms with Crippen molar-refractivity contribution >= 4 is 11.8 Å². The Morgan fingerprint density at radius 2 is 2.00 bits per heavy atom. The second kappa shape index (κ2) is 6.87. The van der Waals surface area contributed by atoms with Crippen LogP contribution in [0.5, 0.6) is 0 Å². The summed E-state index contributed by atoms with van der Waals surface area (Å²) in [6, 6.07) is 0.550. The van der Waals surface area contributed by atoms with E-state index in [0.717, 1.165) is 11.7 Å². The lowest BCUT2D eigenvalue weighted by Gasteiger charge is -2.31.